The van der Waals surface area contributed by atoms with Crippen molar-refractivity contribution in [3.63, 3.8) is 0 Å². The van der Waals surface area contributed by atoms with E-state index in [0.717, 1.165) is 0 Å². The molecule has 0 nitrogen and oxygen atoms in total. The Hall–Kier alpha value is -2.94. The molecule has 40 heavy (non-hydrogen) atoms. The van der Waals surface area contributed by atoms with Crippen molar-refractivity contribution in [2.75, 3.05) is 0 Å². The molecule has 0 saturated carbocycles. The number of benzene rings is 1. The first-order valence-corrected chi connectivity index (χ1v) is 16.2. The van der Waals surface area contributed by atoms with Crippen molar-refractivity contribution in [2.24, 2.45) is 21.7 Å². The van der Waals surface area contributed by atoms with E-state index >= 15 is 0 Å². The van der Waals surface area contributed by atoms with Gasteiger partial charge in [0.2, 0.25) is 0 Å². The average Bonchev–Trinajstić information content (AvgIpc) is 3.61. The third-order valence-corrected chi connectivity index (χ3v) is 11.7. The molecule has 4 aliphatic rings. The Kier molecular flexibility index (Phi) is 5.40. The first-order valence-electron chi connectivity index (χ1n) is 14.4. The van der Waals surface area contributed by atoms with Gasteiger partial charge in [-0.1, -0.05) is 116 Å². The average molecular weight is 559 g/mol. The minimum atomic E-state index is -0.211. The van der Waals surface area contributed by atoms with E-state index < -0.39 is 0 Å². The van der Waals surface area contributed by atoms with Crippen LogP contribution in [0.3, 0.4) is 0 Å². The van der Waals surface area contributed by atoms with Gasteiger partial charge in [0, 0.05) is 31.7 Å². The molecule has 0 radical (unpaired) electrons. The third kappa shape index (κ3) is 3.30. The summed E-state index contributed by atoms with van der Waals surface area (Å²) in [4.78, 5) is 2.72. The van der Waals surface area contributed by atoms with Gasteiger partial charge in [0.25, 0.3) is 0 Å². The monoisotopic (exact) mass is 558 g/mol. The molecule has 0 spiro atoms. The molecule has 0 fully saturated rings. The van der Waals surface area contributed by atoms with Crippen LogP contribution in [0.25, 0.3) is 22.3 Å². The molecule has 2 heterocycles. The van der Waals surface area contributed by atoms with E-state index in [1.54, 1.807) is 0 Å². The highest BCUT2D eigenvalue weighted by Gasteiger charge is 2.62. The fraction of sp³-hybridized carbons (Fsp3) is 0.316. The zero-order chi connectivity index (χ0) is 28.2. The van der Waals surface area contributed by atoms with Crippen LogP contribution in [0, 0.1) is 21.7 Å². The van der Waals surface area contributed by atoms with E-state index in [4.69, 9.17) is 0 Å². The van der Waals surface area contributed by atoms with E-state index in [1.807, 2.05) is 22.7 Å². The van der Waals surface area contributed by atoms with E-state index in [0.29, 0.717) is 0 Å². The van der Waals surface area contributed by atoms with E-state index in [9.17, 15) is 0 Å². The number of hydrogen-bond acceptors (Lipinski definition) is 2. The van der Waals surface area contributed by atoms with Crippen molar-refractivity contribution in [3.8, 4) is 0 Å². The second-order valence-electron chi connectivity index (χ2n) is 14.1. The van der Waals surface area contributed by atoms with Crippen LogP contribution in [0.2, 0.25) is 0 Å². The molecule has 0 unspecified atom stereocenters. The van der Waals surface area contributed by atoms with Crippen molar-refractivity contribution in [1.82, 2.24) is 0 Å². The summed E-state index contributed by atoms with van der Waals surface area (Å²) in [5.41, 5.74) is 14.0. The standard InChI is InChI=1S/C38H38S2/c1-35(2,3)23-19-27-25-13-9-10-14-26(25)28-20-24(36(4,5)6)22-30-34(32-16-12-18-40-32)33(31-15-11-17-39-31)29(21-23)37(27,7)38(28,30)8/h9-22H,1-8H3/t37-,38-/m0/s1. The normalized spacial score (nSPS) is 25.6. The molecular weight excluding hydrogens is 521 g/mol. The highest BCUT2D eigenvalue weighted by molar-refractivity contribution is 7.12. The maximum Gasteiger partial charge on any atom is 0.0352 e. The van der Waals surface area contributed by atoms with Crippen LogP contribution >= 0.6 is 22.7 Å². The lowest BCUT2D eigenvalue weighted by Crippen LogP contribution is -2.49. The summed E-state index contributed by atoms with van der Waals surface area (Å²) >= 11 is 3.74. The summed E-state index contributed by atoms with van der Waals surface area (Å²) in [5, 5.41) is 4.48. The Morgan fingerprint density at radius 3 is 1.25 bits per heavy atom. The lowest BCUT2D eigenvalue weighted by atomic mass is 9.41. The first-order chi connectivity index (χ1) is 18.9. The molecule has 4 aliphatic carbocycles. The largest absolute Gasteiger partial charge is 0.144 e. The van der Waals surface area contributed by atoms with Crippen LogP contribution in [-0.4, -0.2) is 0 Å². The first kappa shape index (κ1) is 26.0. The quantitative estimate of drug-likeness (QED) is 0.293. The molecule has 2 atom stereocenters. The van der Waals surface area contributed by atoms with Crippen LogP contribution in [0.4, 0.5) is 0 Å². The molecule has 1 aromatic carbocycles. The van der Waals surface area contributed by atoms with Gasteiger partial charge in [-0.25, -0.2) is 0 Å². The highest BCUT2D eigenvalue weighted by Crippen LogP contribution is 2.74. The zero-order valence-corrected chi connectivity index (χ0v) is 26.5. The topological polar surface area (TPSA) is 0 Å². The molecule has 3 aromatic rings. The molecular formula is C38H38S2. The molecule has 7 rings (SSSR count). The van der Waals surface area contributed by atoms with Gasteiger partial charge >= 0.3 is 0 Å². The number of rotatable bonds is 2. The Morgan fingerprint density at radius 1 is 0.525 bits per heavy atom. The predicted octanol–water partition coefficient (Wildman–Crippen LogP) is 11.5. The van der Waals surface area contributed by atoms with Crippen molar-refractivity contribution in [3.05, 3.63) is 127 Å². The van der Waals surface area contributed by atoms with E-state index in [-0.39, 0.29) is 21.7 Å². The smallest absolute Gasteiger partial charge is 0.0352 e. The van der Waals surface area contributed by atoms with Crippen molar-refractivity contribution < 1.29 is 0 Å². The second kappa shape index (κ2) is 8.30. The molecule has 0 bridgehead atoms. The van der Waals surface area contributed by atoms with Crippen LogP contribution in [0.5, 0.6) is 0 Å². The summed E-state index contributed by atoms with van der Waals surface area (Å²) in [7, 11) is 0. The van der Waals surface area contributed by atoms with E-state index in [1.165, 1.54) is 65.5 Å². The van der Waals surface area contributed by atoms with Crippen LogP contribution in [0.1, 0.15) is 76.3 Å². The molecule has 2 heteroatoms. The summed E-state index contributed by atoms with van der Waals surface area (Å²) in [6.45, 7) is 19.2. The lowest BCUT2D eigenvalue weighted by molar-refractivity contribution is 0.301. The van der Waals surface area contributed by atoms with Gasteiger partial charge in [-0.15, -0.1) is 22.7 Å². The molecule has 0 aliphatic heterocycles. The van der Waals surface area contributed by atoms with Gasteiger partial charge in [-0.2, -0.15) is 0 Å². The molecule has 0 N–H and O–H groups in total. The maximum absolute atomic E-state index is 2.57. The fourth-order valence-corrected chi connectivity index (χ4v) is 9.01. The van der Waals surface area contributed by atoms with Crippen LogP contribution in [0.15, 0.2) is 106 Å². The van der Waals surface area contributed by atoms with Crippen LogP contribution < -0.4 is 0 Å². The van der Waals surface area contributed by atoms with Crippen LogP contribution in [-0.2, 0) is 0 Å². The van der Waals surface area contributed by atoms with Crippen molar-refractivity contribution in [1.29, 1.82) is 0 Å². The number of hydrogen-bond donors (Lipinski definition) is 0. The molecule has 0 saturated heterocycles. The Balaban J connectivity index is 1.75. The number of allylic oxidation sites excluding steroid dienone is 12. The van der Waals surface area contributed by atoms with Gasteiger partial charge < -0.3 is 0 Å². The van der Waals surface area contributed by atoms with Crippen molar-refractivity contribution >= 4 is 45.0 Å². The number of fused-ring (bicyclic) bond motifs is 3. The van der Waals surface area contributed by atoms with E-state index in [2.05, 4.69) is 139 Å². The van der Waals surface area contributed by atoms with Gasteiger partial charge in [0.15, 0.2) is 0 Å². The summed E-state index contributed by atoms with van der Waals surface area (Å²) < 4.78 is 0. The van der Waals surface area contributed by atoms with Gasteiger partial charge in [0.1, 0.15) is 0 Å². The zero-order valence-electron chi connectivity index (χ0n) is 24.9. The Labute approximate surface area is 247 Å². The Bertz CT molecular complexity index is 1610. The number of thiophene rings is 2. The third-order valence-electron chi connectivity index (χ3n) is 9.92. The Morgan fingerprint density at radius 2 is 0.925 bits per heavy atom. The summed E-state index contributed by atoms with van der Waals surface area (Å²) in [6.07, 6.45) is 10.2. The second-order valence-corrected chi connectivity index (χ2v) is 16.0. The van der Waals surface area contributed by atoms with Crippen molar-refractivity contribution in [2.45, 2.75) is 55.4 Å². The maximum atomic E-state index is 2.57. The highest BCUT2D eigenvalue weighted by atomic mass is 32.1. The minimum absolute atomic E-state index is 0.0345. The van der Waals surface area contributed by atoms with Gasteiger partial charge in [0.05, 0.1) is 0 Å². The lowest BCUT2D eigenvalue weighted by Gasteiger charge is -2.61. The molecule has 2 aromatic heterocycles. The fourth-order valence-electron chi connectivity index (χ4n) is 7.43. The summed E-state index contributed by atoms with van der Waals surface area (Å²) in [5.74, 6) is 0. The minimum Gasteiger partial charge on any atom is -0.144 e. The SMILES string of the molecule is CC(C)(C)C1=CC2=C(c3cccs3)C(c3cccs3)=C3C=C(C(C)(C)C)C=C4c5ccccc5C(=C1)[C@]2(C)[C@@]43C. The predicted molar refractivity (Wildman–Crippen MR) is 176 cm³/mol. The van der Waals surface area contributed by atoms with Gasteiger partial charge in [-0.05, 0) is 78.3 Å². The molecule has 0 amide bonds. The summed E-state index contributed by atoms with van der Waals surface area (Å²) in [6, 6.07) is 18.3. The van der Waals surface area contributed by atoms with Gasteiger partial charge in [-0.3, -0.25) is 0 Å². The molecule has 202 valence electrons.